The van der Waals surface area contributed by atoms with Crippen LogP contribution in [0.1, 0.15) is 43.0 Å². The molecule has 0 amide bonds. The van der Waals surface area contributed by atoms with E-state index in [1.165, 1.54) is 19.3 Å². The summed E-state index contributed by atoms with van der Waals surface area (Å²) in [5, 5.41) is -0.458. The summed E-state index contributed by atoms with van der Waals surface area (Å²) in [7, 11) is 0. The normalized spacial score (nSPS) is 10.3. The minimum Gasteiger partial charge on any atom is -0.492 e. The van der Waals surface area contributed by atoms with Gasteiger partial charge >= 0.3 is 0 Å². The van der Waals surface area contributed by atoms with E-state index in [0.29, 0.717) is 12.2 Å². The molecule has 17 heavy (non-hydrogen) atoms. The number of rotatable bonds is 7. The van der Waals surface area contributed by atoms with Crippen molar-refractivity contribution in [2.24, 2.45) is 0 Å². The van der Waals surface area contributed by atoms with Gasteiger partial charge in [-0.25, -0.2) is 0 Å². The Morgan fingerprint density at radius 3 is 2.71 bits per heavy atom. The maximum atomic E-state index is 10.9. The Morgan fingerprint density at radius 2 is 2.12 bits per heavy atom. The molecule has 1 rings (SSSR count). The lowest BCUT2D eigenvalue weighted by Crippen LogP contribution is -1.99. The Balaban J connectivity index is 2.46. The highest BCUT2D eigenvalue weighted by molar-refractivity contribution is 9.10. The van der Waals surface area contributed by atoms with E-state index in [9.17, 15) is 4.79 Å². The third-order valence-corrected chi connectivity index (χ3v) is 3.25. The Morgan fingerprint density at radius 1 is 1.35 bits per heavy atom. The van der Waals surface area contributed by atoms with E-state index in [-0.39, 0.29) is 0 Å². The summed E-state index contributed by atoms with van der Waals surface area (Å²) >= 11 is 8.75. The molecule has 0 aliphatic rings. The van der Waals surface area contributed by atoms with Gasteiger partial charge in [0.15, 0.2) is 0 Å². The van der Waals surface area contributed by atoms with E-state index in [1.54, 1.807) is 18.2 Å². The standard InChI is InChI=1S/C13H16BrClO2/c1-2-3-4-5-8-17-12-7-6-10(13(15)16)9-11(12)14/h6-7,9H,2-5,8H2,1H3. The van der Waals surface area contributed by atoms with Crippen LogP contribution in [0.25, 0.3) is 0 Å². The molecule has 0 N–H and O–H groups in total. The smallest absolute Gasteiger partial charge is 0.252 e. The van der Waals surface area contributed by atoms with Crippen LogP contribution in [0.15, 0.2) is 22.7 Å². The van der Waals surface area contributed by atoms with Crippen LogP contribution in [0.3, 0.4) is 0 Å². The predicted octanol–water partition coefficient (Wildman–Crippen LogP) is 4.79. The van der Waals surface area contributed by atoms with Crippen LogP contribution in [0.2, 0.25) is 0 Å². The number of ether oxygens (including phenoxy) is 1. The molecule has 4 heteroatoms. The lowest BCUT2D eigenvalue weighted by molar-refractivity contribution is 0.108. The molecule has 0 saturated carbocycles. The van der Waals surface area contributed by atoms with Crippen molar-refractivity contribution in [2.45, 2.75) is 32.6 Å². The summed E-state index contributed by atoms with van der Waals surface area (Å²) in [6.07, 6.45) is 4.70. The molecular weight excluding hydrogens is 303 g/mol. The third-order valence-electron chi connectivity index (χ3n) is 2.41. The van der Waals surface area contributed by atoms with Gasteiger partial charge in [-0.1, -0.05) is 26.2 Å². The van der Waals surface area contributed by atoms with Crippen molar-refractivity contribution in [3.05, 3.63) is 28.2 Å². The number of carbonyl (C=O) groups excluding carboxylic acids is 1. The number of hydrogen-bond donors (Lipinski definition) is 0. The van der Waals surface area contributed by atoms with Crippen LogP contribution in [0, 0.1) is 0 Å². The second-order valence-electron chi connectivity index (χ2n) is 3.83. The molecule has 0 aromatic heterocycles. The first-order valence-corrected chi connectivity index (χ1v) is 6.94. The Kier molecular flexibility index (Phi) is 6.60. The molecule has 0 atom stereocenters. The van der Waals surface area contributed by atoms with Crippen molar-refractivity contribution < 1.29 is 9.53 Å². The van der Waals surface area contributed by atoms with Crippen LogP contribution in [-0.2, 0) is 0 Å². The lowest BCUT2D eigenvalue weighted by Gasteiger charge is -2.08. The van der Waals surface area contributed by atoms with Crippen LogP contribution in [0.5, 0.6) is 5.75 Å². The van der Waals surface area contributed by atoms with Gasteiger partial charge in [-0.3, -0.25) is 4.79 Å². The van der Waals surface area contributed by atoms with Gasteiger partial charge in [0, 0.05) is 5.56 Å². The van der Waals surface area contributed by atoms with Gasteiger partial charge in [0.2, 0.25) is 0 Å². The zero-order valence-electron chi connectivity index (χ0n) is 9.84. The van der Waals surface area contributed by atoms with Gasteiger partial charge in [-0.2, -0.15) is 0 Å². The average Bonchev–Trinajstić information content (AvgIpc) is 2.30. The highest BCUT2D eigenvalue weighted by Crippen LogP contribution is 2.26. The first kappa shape index (κ1) is 14.5. The van der Waals surface area contributed by atoms with Gasteiger partial charge in [0.25, 0.3) is 5.24 Å². The maximum absolute atomic E-state index is 10.9. The molecule has 0 saturated heterocycles. The Bertz CT molecular complexity index is 380. The van der Waals surface area contributed by atoms with Crippen molar-refractivity contribution in [1.82, 2.24) is 0 Å². The fourth-order valence-corrected chi connectivity index (χ4v) is 2.06. The molecule has 94 valence electrons. The summed E-state index contributed by atoms with van der Waals surface area (Å²) in [6.45, 7) is 2.88. The second-order valence-corrected chi connectivity index (χ2v) is 5.03. The second kappa shape index (κ2) is 7.72. The summed E-state index contributed by atoms with van der Waals surface area (Å²) in [4.78, 5) is 10.9. The molecule has 0 spiro atoms. The lowest BCUT2D eigenvalue weighted by atomic mass is 10.2. The highest BCUT2D eigenvalue weighted by Gasteiger charge is 2.06. The molecule has 1 aromatic carbocycles. The monoisotopic (exact) mass is 318 g/mol. The molecule has 0 aliphatic heterocycles. The molecule has 2 nitrogen and oxygen atoms in total. The molecular formula is C13H16BrClO2. The minimum absolute atomic E-state index is 0.458. The summed E-state index contributed by atoms with van der Waals surface area (Å²) in [5.74, 6) is 0.753. The zero-order valence-corrected chi connectivity index (χ0v) is 12.2. The van der Waals surface area contributed by atoms with E-state index in [4.69, 9.17) is 16.3 Å². The molecule has 0 heterocycles. The van der Waals surface area contributed by atoms with Crippen LogP contribution in [0.4, 0.5) is 0 Å². The largest absolute Gasteiger partial charge is 0.492 e. The summed E-state index contributed by atoms with van der Waals surface area (Å²) < 4.78 is 6.38. The number of hydrogen-bond acceptors (Lipinski definition) is 2. The van der Waals surface area contributed by atoms with Gasteiger partial charge < -0.3 is 4.74 Å². The summed E-state index contributed by atoms with van der Waals surface area (Å²) in [6, 6.07) is 5.11. The van der Waals surface area contributed by atoms with Crippen molar-refractivity contribution in [3.63, 3.8) is 0 Å². The topological polar surface area (TPSA) is 26.3 Å². The quantitative estimate of drug-likeness (QED) is 0.533. The average molecular weight is 320 g/mol. The first-order valence-electron chi connectivity index (χ1n) is 5.77. The van der Waals surface area contributed by atoms with Crippen molar-refractivity contribution in [3.8, 4) is 5.75 Å². The minimum atomic E-state index is -0.458. The van der Waals surface area contributed by atoms with E-state index < -0.39 is 5.24 Å². The number of halogens is 2. The van der Waals surface area contributed by atoms with E-state index in [0.717, 1.165) is 16.6 Å². The molecule has 0 bridgehead atoms. The molecule has 0 radical (unpaired) electrons. The highest BCUT2D eigenvalue weighted by atomic mass is 79.9. The van der Waals surface area contributed by atoms with E-state index in [1.807, 2.05) is 0 Å². The first-order chi connectivity index (χ1) is 8.15. The van der Waals surface area contributed by atoms with Crippen molar-refractivity contribution in [1.29, 1.82) is 0 Å². The van der Waals surface area contributed by atoms with Gasteiger partial charge in [-0.05, 0) is 52.2 Å². The molecule has 1 aromatic rings. The Hall–Kier alpha value is -0.540. The van der Waals surface area contributed by atoms with Crippen LogP contribution < -0.4 is 4.74 Å². The SMILES string of the molecule is CCCCCCOc1ccc(C(=O)Cl)cc1Br. The molecule has 0 aliphatic carbocycles. The maximum Gasteiger partial charge on any atom is 0.252 e. The predicted molar refractivity (Wildman–Crippen MR) is 74.0 cm³/mol. The third kappa shape index (κ3) is 5.09. The van der Waals surface area contributed by atoms with Crippen molar-refractivity contribution in [2.75, 3.05) is 6.61 Å². The Labute approximate surface area is 115 Å². The van der Waals surface area contributed by atoms with E-state index >= 15 is 0 Å². The molecule has 0 fully saturated rings. The van der Waals surface area contributed by atoms with E-state index in [2.05, 4.69) is 22.9 Å². The number of unbranched alkanes of at least 4 members (excludes halogenated alkanes) is 3. The van der Waals surface area contributed by atoms with Gasteiger partial charge in [0.05, 0.1) is 11.1 Å². The summed E-state index contributed by atoms with van der Waals surface area (Å²) in [5.41, 5.74) is 0.469. The number of benzene rings is 1. The fourth-order valence-electron chi connectivity index (χ4n) is 1.45. The van der Waals surface area contributed by atoms with Gasteiger partial charge in [-0.15, -0.1) is 0 Å². The van der Waals surface area contributed by atoms with Crippen LogP contribution in [-0.4, -0.2) is 11.8 Å². The number of carbonyl (C=O) groups is 1. The van der Waals surface area contributed by atoms with Crippen LogP contribution >= 0.6 is 27.5 Å². The van der Waals surface area contributed by atoms with Crippen molar-refractivity contribution >= 4 is 32.8 Å². The molecule has 0 unspecified atom stereocenters. The fraction of sp³-hybridized carbons (Fsp3) is 0.462. The van der Waals surface area contributed by atoms with Gasteiger partial charge in [0.1, 0.15) is 5.75 Å². The zero-order chi connectivity index (χ0) is 12.7.